The molecule has 9 heteroatoms. The number of benzene rings is 1. The highest BCUT2D eigenvalue weighted by Gasteiger charge is 2.22. The summed E-state index contributed by atoms with van der Waals surface area (Å²) in [4.78, 5) is 9.54. The van der Waals surface area contributed by atoms with Crippen molar-refractivity contribution in [1.82, 2.24) is 4.72 Å². The van der Waals surface area contributed by atoms with Gasteiger partial charge in [-0.1, -0.05) is 11.6 Å². The zero-order chi connectivity index (χ0) is 13.9. The fraction of sp³-hybridized carbons (Fsp3) is 0.333. The van der Waals surface area contributed by atoms with Gasteiger partial charge in [0.2, 0.25) is 10.0 Å². The summed E-state index contributed by atoms with van der Waals surface area (Å²) in [7, 11) is -3.91. The fourth-order valence-corrected chi connectivity index (χ4v) is 2.96. The number of aliphatic hydroxyl groups excluding tert-OH is 1. The maximum atomic E-state index is 11.8. The molecule has 100 valence electrons. The van der Waals surface area contributed by atoms with Crippen LogP contribution in [-0.2, 0) is 10.0 Å². The summed E-state index contributed by atoms with van der Waals surface area (Å²) in [5, 5.41) is 19.0. The first kappa shape index (κ1) is 14.8. The van der Waals surface area contributed by atoms with Crippen molar-refractivity contribution in [2.75, 3.05) is 6.61 Å². The zero-order valence-electron chi connectivity index (χ0n) is 9.33. The molecule has 18 heavy (non-hydrogen) atoms. The lowest BCUT2D eigenvalue weighted by Gasteiger charge is -2.12. The number of nitrogens with one attached hydrogen (secondary N) is 1. The SMILES string of the molecule is C[C@H](CO)NS(=O)(=O)c1ccc([N+](=O)[O-])cc1Cl. The van der Waals surface area contributed by atoms with E-state index in [0.717, 1.165) is 18.2 Å². The quantitative estimate of drug-likeness (QED) is 0.619. The molecule has 2 N–H and O–H groups in total. The van der Waals surface area contributed by atoms with E-state index in [9.17, 15) is 18.5 Å². The molecule has 0 aromatic heterocycles. The van der Waals surface area contributed by atoms with Crippen molar-refractivity contribution in [2.45, 2.75) is 17.9 Å². The number of hydrogen-bond donors (Lipinski definition) is 2. The van der Waals surface area contributed by atoms with Crippen LogP contribution in [-0.4, -0.2) is 31.1 Å². The third-order valence-electron chi connectivity index (χ3n) is 2.05. The number of rotatable bonds is 5. The van der Waals surface area contributed by atoms with Gasteiger partial charge in [-0.2, -0.15) is 0 Å². The van der Waals surface area contributed by atoms with Crippen LogP contribution in [0.25, 0.3) is 0 Å². The van der Waals surface area contributed by atoms with E-state index in [1.54, 1.807) is 0 Å². The molecule has 0 spiro atoms. The molecule has 0 fully saturated rings. The molecule has 0 heterocycles. The van der Waals surface area contributed by atoms with Crippen LogP contribution in [0.2, 0.25) is 5.02 Å². The minimum absolute atomic E-state index is 0.248. The molecular formula is C9H11ClN2O5S. The van der Waals surface area contributed by atoms with E-state index < -0.39 is 21.0 Å². The molecule has 0 unspecified atom stereocenters. The Hall–Kier alpha value is -1.22. The molecular weight excluding hydrogens is 284 g/mol. The second-order valence-corrected chi connectivity index (χ2v) is 5.67. The lowest BCUT2D eigenvalue weighted by atomic mass is 10.3. The molecule has 0 aliphatic heterocycles. The van der Waals surface area contributed by atoms with Crippen LogP contribution in [0, 0.1) is 10.1 Å². The van der Waals surface area contributed by atoms with Crippen molar-refractivity contribution in [1.29, 1.82) is 0 Å². The fourth-order valence-electron chi connectivity index (χ4n) is 1.19. The van der Waals surface area contributed by atoms with Crippen LogP contribution in [0.4, 0.5) is 5.69 Å². The number of nitro benzene ring substituents is 1. The number of non-ortho nitro benzene ring substituents is 1. The number of nitrogens with zero attached hydrogens (tertiary/aromatic N) is 1. The largest absolute Gasteiger partial charge is 0.395 e. The van der Waals surface area contributed by atoms with E-state index in [1.807, 2.05) is 0 Å². The predicted octanol–water partition coefficient (Wildman–Crippen LogP) is 0.907. The second-order valence-electron chi connectivity index (χ2n) is 3.58. The molecule has 1 atom stereocenters. The first-order valence-electron chi connectivity index (χ1n) is 4.85. The van der Waals surface area contributed by atoms with E-state index in [-0.39, 0.29) is 22.2 Å². The Morgan fingerprint density at radius 3 is 2.61 bits per heavy atom. The molecule has 7 nitrogen and oxygen atoms in total. The normalized spacial score (nSPS) is 13.3. The Morgan fingerprint density at radius 1 is 1.56 bits per heavy atom. The number of sulfonamides is 1. The molecule has 1 rings (SSSR count). The maximum absolute atomic E-state index is 11.8. The third kappa shape index (κ3) is 3.39. The summed E-state index contributed by atoms with van der Waals surface area (Å²) in [6.07, 6.45) is 0. The second kappa shape index (κ2) is 5.61. The van der Waals surface area contributed by atoms with Gasteiger partial charge in [-0.05, 0) is 13.0 Å². The first-order valence-corrected chi connectivity index (χ1v) is 6.71. The highest BCUT2D eigenvalue weighted by Crippen LogP contribution is 2.26. The van der Waals surface area contributed by atoms with Crippen molar-refractivity contribution in [3.8, 4) is 0 Å². The van der Waals surface area contributed by atoms with Crippen LogP contribution in [0.1, 0.15) is 6.92 Å². The first-order chi connectivity index (χ1) is 8.27. The maximum Gasteiger partial charge on any atom is 0.271 e. The Balaban J connectivity index is 3.14. The predicted molar refractivity (Wildman–Crippen MR) is 65.0 cm³/mol. The zero-order valence-corrected chi connectivity index (χ0v) is 10.9. The van der Waals surface area contributed by atoms with Crippen LogP contribution >= 0.6 is 11.6 Å². The Labute approximate surface area is 109 Å². The Kier molecular flexibility index (Phi) is 4.63. The summed E-state index contributed by atoms with van der Waals surface area (Å²) in [5.41, 5.74) is -0.297. The third-order valence-corrected chi connectivity index (χ3v) is 4.12. The number of halogens is 1. The van der Waals surface area contributed by atoms with Crippen LogP contribution < -0.4 is 4.72 Å². The van der Waals surface area contributed by atoms with E-state index in [2.05, 4.69) is 4.72 Å². The highest BCUT2D eigenvalue weighted by molar-refractivity contribution is 7.89. The van der Waals surface area contributed by atoms with Gasteiger partial charge in [-0.25, -0.2) is 13.1 Å². The highest BCUT2D eigenvalue weighted by atomic mass is 35.5. The molecule has 0 amide bonds. The molecule has 1 aromatic carbocycles. The molecule has 1 aromatic rings. The topological polar surface area (TPSA) is 110 Å². The van der Waals surface area contributed by atoms with Gasteiger partial charge >= 0.3 is 0 Å². The van der Waals surface area contributed by atoms with Crippen molar-refractivity contribution < 1.29 is 18.4 Å². The van der Waals surface area contributed by atoms with E-state index in [4.69, 9.17) is 16.7 Å². The van der Waals surface area contributed by atoms with Crippen molar-refractivity contribution in [2.24, 2.45) is 0 Å². The van der Waals surface area contributed by atoms with E-state index in [0.29, 0.717) is 0 Å². The van der Waals surface area contributed by atoms with Crippen LogP contribution in [0.5, 0.6) is 0 Å². The van der Waals surface area contributed by atoms with Crippen LogP contribution in [0.3, 0.4) is 0 Å². The smallest absolute Gasteiger partial charge is 0.271 e. The molecule has 0 saturated carbocycles. The standard InChI is InChI=1S/C9H11ClN2O5S/c1-6(5-13)11-18(16,17)9-3-2-7(12(14)15)4-8(9)10/h2-4,6,11,13H,5H2,1H3/t6-/m1/s1. The van der Waals surface area contributed by atoms with Crippen molar-refractivity contribution in [3.63, 3.8) is 0 Å². The Morgan fingerprint density at radius 2 is 2.17 bits per heavy atom. The summed E-state index contributed by atoms with van der Waals surface area (Å²) in [6, 6.07) is 2.37. The number of hydrogen-bond acceptors (Lipinski definition) is 5. The molecule has 0 bridgehead atoms. The van der Waals surface area contributed by atoms with Gasteiger partial charge in [-0.15, -0.1) is 0 Å². The van der Waals surface area contributed by atoms with E-state index >= 15 is 0 Å². The monoisotopic (exact) mass is 294 g/mol. The molecule has 0 saturated heterocycles. The molecule has 0 aliphatic rings. The van der Waals surface area contributed by atoms with Gasteiger partial charge in [0, 0.05) is 18.2 Å². The number of nitro groups is 1. The molecule has 0 aliphatic carbocycles. The summed E-state index contributed by atoms with van der Waals surface area (Å²) in [6.45, 7) is 1.10. The van der Waals surface area contributed by atoms with Gasteiger partial charge in [0.15, 0.2) is 0 Å². The van der Waals surface area contributed by atoms with Crippen molar-refractivity contribution >= 4 is 27.3 Å². The lowest BCUT2D eigenvalue weighted by molar-refractivity contribution is -0.384. The summed E-state index contributed by atoms with van der Waals surface area (Å²) < 4.78 is 25.8. The average Bonchev–Trinajstić information content (AvgIpc) is 2.27. The van der Waals surface area contributed by atoms with E-state index in [1.165, 1.54) is 6.92 Å². The van der Waals surface area contributed by atoms with Gasteiger partial charge in [0.25, 0.3) is 5.69 Å². The minimum Gasteiger partial charge on any atom is -0.395 e. The van der Waals surface area contributed by atoms with Gasteiger partial charge in [0.1, 0.15) is 4.90 Å². The summed E-state index contributed by atoms with van der Waals surface area (Å²) >= 11 is 5.70. The van der Waals surface area contributed by atoms with Gasteiger partial charge in [0.05, 0.1) is 16.6 Å². The van der Waals surface area contributed by atoms with Gasteiger partial charge in [-0.3, -0.25) is 10.1 Å². The summed E-state index contributed by atoms with van der Waals surface area (Å²) in [5.74, 6) is 0. The van der Waals surface area contributed by atoms with Gasteiger partial charge < -0.3 is 5.11 Å². The number of aliphatic hydroxyl groups is 1. The average molecular weight is 295 g/mol. The lowest BCUT2D eigenvalue weighted by Crippen LogP contribution is -2.35. The minimum atomic E-state index is -3.91. The Bertz CT molecular complexity index is 560. The van der Waals surface area contributed by atoms with Crippen LogP contribution in [0.15, 0.2) is 23.1 Å². The van der Waals surface area contributed by atoms with Crippen molar-refractivity contribution in [3.05, 3.63) is 33.3 Å². The molecule has 0 radical (unpaired) electrons.